The van der Waals surface area contributed by atoms with Crippen LogP contribution in [0.3, 0.4) is 0 Å². The molecule has 0 saturated heterocycles. The summed E-state index contributed by atoms with van der Waals surface area (Å²) >= 11 is 0. The molecule has 1 aliphatic heterocycles. The molecule has 2 N–H and O–H groups in total. The molecule has 3 nitrogen and oxygen atoms in total. The van der Waals surface area contributed by atoms with Gasteiger partial charge in [-0.3, -0.25) is 5.10 Å². The van der Waals surface area contributed by atoms with Crippen LogP contribution >= 0.6 is 0 Å². The van der Waals surface area contributed by atoms with Crippen LogP contribution in [0.1, 0.15) is 36.7 Å². The van der Waals surface area contributed by atoms with E-state index in [1.165, 1.54) is 17.0 Å². The van der Waals surface area contributed by atoms with E-state index in [2.05, 4.69) is 29.4 Å². The minimum absolute atomic E-state index is 0.545. The highest BCUT2D eigenvalue weighted by molar-refractivity contribution is 5.29. The van der Waals surface area contributed by atoms with Crippen LogP contribution in [0.15, 0.2) is 0 Å². The Bertz CT molecular complexity index is 275. The third-order valence-electron chi connectivity index (χ3n) is 2.39. The monoisotopic (exact) mass is 165 g/mol. The van der Waals surface area contributed by atoms with Crippen LogP contribution < -0.4 is 5.32 Å². The largest absolute Gasteiger partial charge is 0.311 e. The Morgan fingerprint density at radius 1 is 1.42 bits per heavy atom. The van der Waals surface area contributed by atoms with Crippen molar-refractivity contribution in [3.05, 3.63) is 17.0 Å². The Hall–Kier alpha value is -0.830. The van der Waals surface area contributed by atoms with E-state index >= 15 is 0 Å². The summed E-state index contributed by atoms with van der Waals surface area (Å²) < 4.78 is 0. The number of fused-ring (bicyclic) bond motifs is 1. The highest BCUT2D eigenvalue weighted by Gasteiger charge is 2.17. The van der Waals surface area contributed by atoms with Crippen LogP contribution in [0, 0.1) is 0 Å². The first-order chi connectivity index (χ1) is 5.79. The van der Waals surface area contributed by atoms with Crippen molar-refractivity contribution in [2.45, 2.75) is 32.7 Å². The molecule has 0 saturated carbocycles. The van der Waals surface area contributed by atoms with E-state index < -0.39 is 0 Å². The van der Waals surface area contributed by atoms with Crippen molar-refractivity contribution in [1.82, 2.24) is 15.5 Å². The average molecular weight is 165 g/mol. The first kappa shape index (κ1) is 7.80. The second-order valence-electron chi connectivity index (χ2n) is 3.65. The zero-order chi connectivity index (χ0) is 8.55. The number of aromatic nitrogens is 2. The number of rotatable bonds is 1. The topological polar surface area (TPSA) is 40.7 Å². The van der Waals surface area contributed by atoms with Crippen molar-refractivity contribution in [1.29, 1.82) is 0 Å². The fourth-order valence-corrected chi connectivity index (χ4v) is 1.75. The van der Waals surface area contributed by atoms with E-state index in [4.69, 9.17) is 0 Å². The molecule has 2 rings (SSSR count). The van der Waals surface area contributed by atoms with Crippen molar-refractivity contribution in [2.24, 2.45) is 0 Å². The van der Waals surface area contributed by atoms with Crippen LogP contribution in [0.25, 0.3) is 0 Å². The molecule has 1 aromatic heterocycles. The Morgan fingerprint density at radius 2 is 2.25 bits per heavy atom. The van der Waals surface area contributed by atoms with Gasteiger partial charge in [0.2, 0.25) is 0 Å². The lowest BCUT2D eigenvalue weighted by Gasteiger charge is -2.13. The number of aromatic amines is 1. The van der Waals surface area contributed by atoms with Gasteiger partial charge in [-0.05, 0) is 24.4 Å². The summed E-state index contributed by atoms with van der Waals surface area (Å²) in [6, 6.07) is 0. The van der Waals surface area contributed by atoms with Crippen molar-refractivity contribution < 1.29 is 0 Å². The summed E-state index contributed by atoms with van der Waals surface area (Å²) in [5.41, 5.74) is 3.99. The molecular weight excluding hydrogens is 150 g/mol. The predicted octanol–water partition coefficient (Wildman–Crippen LogP) is 1.18. The molecule has 1 aliphatic rings. The minimum atomic E-state index is 0.545. The van der Waals surface area contributed by atoms with Crippen LogP contribution in [-0.4, -0.2) is 16.7 Å². The molecule has 0 aromatic carbocycles. The van der Waals surface area contributed by atoms with E-state index in [1.54, 1.807) is 0 Å². The number of hydrogen-bond acceptors (Lipinski definition) is 2. The summed E-state index contributed by atoms with van der Waals surface area (Å²) in [6.07, 6.45) is 1.12. The zero-order valence-electron chi connectivity index (χ0n) is 7.65. The van der Waals surface area contributed by atoms with Gasteiger partial charge in [-0.25, -0.2) is 0 Å². The van der Waals surface area contributed by atoms with Gasteiger partial charge >= 0.3 is 0 Å². The fourth-order valence-electron chi connectivity index (χ4n) is 1.75. The van der Waals surface area contributed by atoms with Gasteiger partial charge in [0.05, 0.1) is 11.4 Å². The van der Waals surface area contributed by atoms with Gasteiger partial charge in [0.25, 0.3) is 0 Å². The molecule has 0 bridgehead atoms. The number of hydrogen-bond donors (Lipinski definition) is 2. The SMILES string of the molecule is CC(C)c1n[nH]c2c1CCNC2. The van der Waals surface area contributed by atoms with Gasteiger partial charge in [-0.15, -0.1) is 0 Å². The van der Waals surface area contributed by atoms with Gasteiger partial charge in [0, 0.05) is 6.54 Å². The molecule has 0 radical (unpaired) electrons. The molecule has 2 heterocycles. The summed E-state index contributed by atoms with van der Waals surface area (Å²) in [7, 11) is 0. The number of nitrogens with zero attached hydrogens (tertiary/aromatic N) is 1. The normalized spacial score (nSPS) is 16.6. The summed E-state index contributed by atoms with van der Waals surface area (Å²) in [5.74, 6) is 0.545. The quantitative estimate of drug-likeness (QED) is 0.656. The third kappa shape index (κ3) is 1.14. The third-order valence-corrected chi connectivity index (χ3v) is 2.39. The van der Waals surface area contributed by atoms with Crippen LogP contribution in [0.2, 0.25) is 0 Å². The molecule has 0 atom stereocenters. The van der Waals surface area contributed by atoms with Crippen LogP contribution in [0.4, 0.5) is 0 Å². The van der Waals surface area contributed by atoms with Crippen molar-refractivity contribution >= 4 is 0 Å². The maximum atomic E-state index is 4.33. The number of H-pyrrole nitrogens is 1. The summed E-state index contributed by atoms with van der Waals surface area (Å²) in [5, 5.41) is 10.7. The van der Waals surface area contributed by atoms with Gasteiger partial charge in [0.15, 0.2) is 0 Å². The van der Waals surface area contributed by atoms with Crippen LogP contribution in [-0.2, 0) is 13.0 Å². The highest BCUT2D eigenvalue weighted by Crippen LogP contribution is 2.21. The number of nitrogens with one attached hydrogen (secondary N) is 2. The molecule has 66 valence electrons. The molecular formula is C9H15N3. The van der Waals surface area contributed by atoms with E-state index in [-0.39, 0.29) is 0 Å². The standard InChI is InChI=1S/C9H15N3/c1-6(2)9-7-3-4-10-5-8(7)11-12-9/h6,10H,3-5H2,1-2H3,(H,11,12). The van der Waals surface area contributed by atoms with Gasteiger partial charge in [-0.1, -0.05) is 13.8 Å². The highest BCUT2D eigenvalue weighted by atomic mass is 15.1. The Labute approximate surface area is 72.6 Å². The molecule has 3 heteroatoms. The molecule has 0 spiro atoms. The Balaban J connectivity index is 2.38. The minimum Gasteiger partial charge on any atom is -0.311 e. The smallest absolute Gasteiger partial charge is 0.0683 e. The van der Waals surface area contributed by atoms with Gasteiger partial charge < -0.3 is 5.32 Å². The first-order valence-corrected chi connectivity index (χ1v) is 4.55. The van der Waals surface area contributed by atoms with Gasteiger partial charge in [-0.2, -0.15) is 5.10 Å². The second-order valence-corrected chi connectivity index (χ2v) is 3.65. The van der Waals surface area contributed by atoms with Crippen molar-refractivity contribution in [3.63, 3.8) is 0 Å². The maximum absolute atomic E-state index is 4.33. The van der Waals surface area contributed by atoms with E-state index in [0.717, 1.165) is 19.5 Å². The second kappa shape index (κ2) is 2.90. The van der Waals surface area contributed by atoms with E-state index in [1.807, 2.05) is 0 Å². The Kier molecular flexibility index (Phi) is 1.89. The lowest BCUT2D eigenvalue weighted by atomic mass is 9.99. The van der Waals surface area contributed by atoms with E-state index in [9.17, 15) is 0 Å². The molecule has 1 aromatic rings. The first-order valence-electron chi connectivity index (χ1n) is 4.55. The van der Waals surface area contributed by atoms with Gasteiger partial charge in [0.1, 0.15) is 0 Å². The van der Waals surface area contributed by atoms with Crippen LogP contribution in [0.5, 0.6) is 0 Å². The fraction of sp³-hybridized carbons (Fsp3) is 0.667. The molecule has 0 aliphatic carbocycles. The summed E-state index contributed by atoms with van der Waals surface area (Å²) in [6.45, 7) is 6.43. The Morgan fingerprint density at radius 3 is 3.00 bits per heavy atom. The predicted molar refractivity (Wildman–Crippen MR) is 48.1 cm³/mol. The lowest BCUT2D eigenvalue weighted by Crippen LogP contribution is -2.23. The van der Waals surface area contributed by atoms with E-state index in [0.29, 0.717) is 5.92 Å². The van der Waals surface area contributed by atoms with Crippen molar-refractivity contribution in [3.8, 4) is 0 Å². The summed E-state index contributed by atoms with van der Waals surface area (Å²) in [4.78, 5) is 0. The van der Waals surface area contributed by atoms with Crippen molar-refractivity contribution in [2.75, 3.05) is 6.54 Å². The zero-order valence-corrected chi connectivity index (χ0v) is 7.65. The maximum Gasteiger partial charge on any atom is 0.0683 e. The lowest BCUT2D eigenvalue weighted by molar-refractivity contribution is 0.629. The average Bonchev–Trinajstić information content (AvgIpc) is 2.47. The molecule has 0 unspecified atom stereocenters. The molecule has 12 heavy (non-hydrogen) atoms. The molecule has 0 amide bonds. The molecule has 0 fully saturated rings.